The van der Waals surface area contributed by atoms with Gasteiger partial charge >= 0.3 is 0 Å². The first-order valence-electron chi connectivity index (χ1n) is 40.7. The SMILES string of the molecule is CCCCS(=O)(=O)c1ccc(N2CC3(COC3)C2)c(-c2cn(C)c(=O)c3c2C=CC3)c1.CCS(=O)(=O)c1ccc(N2CC3(COC3)C2)c(-c2cn(C)c(=O)c3c2C=CC3)c1.Cn1cc(-c2cc(S(=O)(=O)C3CC3)ccc2N2CC3(COC3)C2)c2c(c1=O)CC=C2.Cn1cc(-c2cc(S(C)(=O)=O)ccc2N2CC3(COC3)C2)c2c(c1=O)CC=C2. The Morgan fingerprint density at radius 1 is 0.364 bits per heavy atom. The van der Waals surface area contributed by atoms with Crippen LogP contribution in [0.2, 0.25) is 0 Å². The summed E-state index contributed by atoms with van der Waals surface area (Å²) >= 11 is 0. The minimum Gasteiger partial charge on any atom is -0.380 e. The van der Waals surface area contributed by atoms with Crippen molar-refractivity contribution in [2.24, 2.45) is 49.9 Å². The number of allylic oxidation sites excluding steroid dienone is 4. The highest BCUT2D eigenvalue weighted by molar-refractivity contribution is 7.92. The molecule has 618 valence electrons. The fourth-order valence-corrected chi connectivity index (χ4v) is 23.6. The summed E-state index contributed by atoms with van der Waals surface area (Å²) in [5.41, 5.74) is 19.0. The van der Waals surface area contributed by atoms with Gasteiger partial charge in [-0.25, -0.2) is 33.7 Å². The highest BCUT2D eigenvalue weighted by Crippen LogP contribution is 2.51. The molecular formula is C90H98N8O16S4. The van der Waals surface area contributed by atoms with Crippen LogP contribution in [0.5, 0.6) is 0 Å². The molecule has 8 saturated heterocycles. The zero-order valence-electron chi connectivity index (χ0n) is 67.6. The molecule has 21 rings (SSSR count). The van der Waals surface area contributed by atoms with E-state index in [2.05, 4.69) is 19.6 Å². The number of rotatable bonds is 17. The lowest BCUT2D eigenvalue weighted by Gasteiger charge is -2.56. The molecule has 0 bridgehead atoms. The Labute approximate surface area is 687 Å². The lowest BCUT2D eigenvalue weighted by molar-refractivity contribution is -0.127. The second-order valence-corrected chi connectivity index (χ2v) is 43.7. The summed E-state index contributed by atoms with van der Waals surface area (Å²) in [4.78, 5) is 60.8. The molecule has 12 heterocycles. The number of hydrogen-bond acceptors (Lipinski definition) is 20. The summed E-state index contributed by atoms with van der Waals surface area (Å²) in [6, 6.07) is 21.8. The predicted octanol–water partition coefficient (Wildman–Crippen LogP) is 9.54. The summed E-state index contributed by atoms with van der Waals surface area (Å²) in [5, 5.41) is -0.249. The van der Waals surface area contributed by atoms with Gasteiger partial charge in [0.1, 0.15) is 0 Å². The minimum absolute atomic E-state index is 0.000845. The Balaban J connectivity index is 0.000000108. The molecular weight excluding hydrogens is 1580 g/mol. The van der Waals surface area contributed by atoms with Gasteiger partial charge in [-0.2, -0.15) is 0 Å². The topological polar surface area (TPSA) is 274 Å². The smallest absolute Gasteiger partial charge is 0.254 e. The highest BCUT2D eigenvalue weighted by atomic mass is 32.2. The van der Waals surface area contributed by atoms with Crippen molar-refractivity contribution in [3.8, 4) is 44.5 Å². The second-order valence-electron chi connectivity index (χ2n) is 35.0. The van der Waals surface area contributed by atoms with Gasteiger partial charge in [0, 0.05) is 201 Å². The zero-order chi connectivity index (χ0) is 82.5. The second kappa shape index (κ2) is 29.4. The molecule has 8 aromatic rings. The highest BCUT2D eigenvalue weighted by Gasteiger charge is 2.53. The van der Waals surface area contributed by atoms with Gasteiger partial charge in [0.15, 0.2) is 39.3 Å². The molecule has 4 aromatic carbocycles. The number of nitrogens with zero attached hydrogens (tertiary/aromatic N) is 8. The number of fused-ring (bicyclic) bond motifs is 4. The number of hydrogen-bond donors (Lipinski definition) is 0. The van der Waals surface area contributed by atoms with E-state index in [-0.39, 0.29) is 65.5 Å². The molecule has 0 N–H and O–H groups in total. The fourth-order valence-electron chi connectivity index (χ4n) is 18.9. The predicted molar refractivity (Wildman–Crippen MR) is 459 cm³/mol. The van der Waals surface area contributed by atoms with E-state index in [9.17, 15) is 52.8 Å². The normalized spacial score (nSPS) is 19.7. The van der Waals surface area contributed by atoms with E-state index in [4.69, 9.17) is 18.9 Å². The summed E-state index contributed by atoms with van der Waals surface area (Å²) in [5.74, 6) is 0.207. The van der Waals surface area contributed by atoms with Crippen LogP contribution in [0.3, 0.4) is 0 Å². The Morgan fingerprint density at radius 2 is 0.636 bits per heavy atom. The third-order valence-corrected chi connectivity index (χ3v) is 32.8. The lowest BCUT2D eigenvalue weighted by Crippen LogP contribution is -2.66. The molecule has 9 fully saturated rings. The number of ether oxygens (including phenoxy) is 4. The van der Waals surface area contributed by atoms with Crippen molar-refractivity contribution in [1.82, 2.24) is 18.3 Å². The van der Waals surface area contributed by atoms with E-state index < -0.39 is 39.3 Å². The zero-order valence-corrected chi connectivity index (χ0v) is 70.8. The number of anilines is 4. The molecule has 4 aromatic heterocycles. The first-order chi connectivity index (χ1) is 56.3. The van der Waals surface area contributed by atoms with E-state index >= 15 is 0 Å². The maximum absolute atomic E-state index is 13.0. The van der Waals surface area contributed by atoms with Gasteiger partial charge in [-0.05, 0) is 140 Å². The largest absolute Gasteiger partial charge is 0.380 e. The molecule has 4 spiro atoms. The van der Waals surface area contributed by atoms with Gasteiger partial charge in [-0.1, -0.05) is 68.9 Å². The number of unbranched alkanes of at least 4 members (excludes halogenated alkanes) is 1. The van der Waals surface area contributed by atoms with Crippen molar-refractivity contribution < 1.29 is 52.6 Å². The monoisotopic (exact) mass is 1670 g/mol. The van der Waals surface area contributed by atoms with Gasteiger partial charge < -0.3 is 56.8 Å². The van der Waals surface area contributed by atoms with Crippen molar-refractivity contribution in [3.05, 3.63) is 208 Å². The maximum atomic E-state index is 13.0. The molecule has 13 aliphatic rings. The number of aromatic nitrogens is 4. The van der Waals surface area contributed by atoms with Crippen LogP contribution in [-0.2, 0) is 112 Å². The number of pyridine rings is 4. The Kier molecular flexibility index (Phi) is 19.9. The summed E-state index contributed by atoms with van der Waals surface area (Å²) in [6.07, 6.45) is 29.9. The standard InChI is InChI=1S/C24H28N2O4S.C23H24N2O4S.C22H24N2O4S.C21H22N2O4S/c1-3-4-10-31(28,29)17-8-9-22(26-13-24(14-26)15-30-16-24)20(11-17)21-12-25(2)23(27)19-7-5-6-18(19)21;1-24-10-20(17-3-2-4-18(17)22(24)26)19-9-16(30(27,28)15-5-6-15)7-8-21(19)25-11-23(12-25)13-29-14-23;1-3-29(26,27)15-7-8-20(24-11-22(12-24)13-28-14-22)18(9-15)19-10-23(2)21(25)17-6-4-5-16(17)19;1-22-9-18(15-4-3-5-16(15)20(22)24)17-8-14(28(2,25)26)6-7-19(17)23-10-21(11-23)12-27-13-21/h5-6,8-9,11-12H,3-4,7,10,13-16H2,1-2H3;2-3,7-10,15H,4-6,11-14H2,1H3;4-5,7-10H,3,6,11-14H2,1-2H3;3-4,6-9H,5,10-13H2,1-2H3. The van der Waals surface area contributed by atoms with E-state index in [1.807, 2.05) is 117 Å². The van der Waals surface area contributed by atoms with Crippen LogP contribution >= 0.6 is 0 Å². The van der Waals surface area contributed by atoms with Crippen molar-refractivity contribution in [3.63, 3.8) is 0 Å². The molecule has 0 amide bonds. The molecule has 0 atom stereocenters. The van der Waals surface area contributed by atoms with Crippen molar-refractivity contribution in [1.29, 1.82) is 0 Å². The summed E-state index contributed by atoms with van der Waals surface area (Å²) in [7, 11) is -6.31. The van der Waals surface area contributed by atoms with Crippen molar-refractivity contribution in [2.75, 3.05) is 143 Å². The lowest BCUT2D eigenvalue weighted by atomic mass is 9.77. The van der Waals surface area contributed by atoms with E-state index in [1.165, 1.54) is 6.26 Å². The van der Waals surface area contributed by atoms with E-state index in [0.29, 0.717) is 46.8 Å². The Bertz CT molecular complexity index is 6420. The third-order valence-electron chi connectivity index (χ3n) is 25.9. The Morgan fingerprint density at radius 3 is 0.898 bits per heavy atom. The van der Waals surface area contributed by atoms with Crippen LogP contribution < -0.4 is 41.8 Å². The number of benzene rings is 4. The number of aryl methyl sites for hydroxylation is 4. The van der Waals surface area contributed by atoms with Crippen molar-refractivity contribution in [2.45, 2.75) is 90.0 Å². The fraction of sp³-hybridized carbons (Fsp3) is 0.422. The summed E-state index contributed by atoms with van der Waals surface area (Å²) < 4.78 is 129. The molecule has 24 nitrogen and oxygen atoms in total. The van der Waals surface area contributed by atoms with Gasteiger partial charge in [0.25, 0.3) is 22.2 Å². The molecule has 0 unspecified atom stereocenters. The third kappa shape index (κ3) is 13.9. The molecule has 118 heavy (non-hydrogen) atoms. The molecule has 8 aliphatic heterocycles. The first-order valence-corrected chi connectivity index (χ1v) is 47.4. The molecule has 1 saturated carbocycles. The van der Waals surface area contributed by atoms with Crippen LogP contribution in [0.25, 0.3) is 68.8 Å². The molecule has 28 heteroatoms. The first kappa shape index (κ1) is 79.6. The average molecular weight is 1680 g/mol. The van der Waals surface area contributed by atoms with Crippen LogP contribution in [0, 0.1) is 21.7 Å². The average Bonchev–Trinajstić information content (AvgIpc) is 1.61. The Hall–Kier alpha value is -9.52. The molecule has 0 radical (unpaired) electrons. The van der Waals surface area contributed by atoms with Crippen LogP contribution in [0.15, 0.2) is 161 Å². The van der Waals surface area contributed by atoms with Crippen LogP contribution in [0.1, 0.15) is 84.0 Å². The maximum Gasteiger partial charge on any atom is 0.254 e. The number of sulfone groups is 4. The van der Waals surface area contributed by atoms with Gasteiger partial charge in [0.2, 0.25) is 0 Å². The van der Waals surface area contributed by atoms with Gasteiger partial charge in [-0.15, -0.1) is 0 Å². The van der Waals surface area contributed by atoms with Gasteiger partial charge in [-0.3, -0.25) is 19.2 Å². The molecule has 5 aliphatic carbocycles. The van der Waals surface area contributed by atoms with Crippen LogP contribution in [-0.4, -0.2) is 180 Å². The van der Waals surface area contributed by atoms with E-state index in [0.717, 1.165) is 236 Å². The van der Waals surface area contributed by atoms with Gasteiger partial charge in [0.05, 0.1) is 111 Å². The minimum atomic E-state index is -3.36. The summed E-state index contributed by atoms with van der Waals surface area (Å²) in [6.45, 7) is 17.3. The van der Waals surface area contributed by atoms with E-state index in [1.54, 1.807) is 89.8 Å². The van der Waals surface area contributed by atoms with Crippen LogP contribution in [0.4, 0.5) is 22.7 Å². The quantitative estimate of drug-likeness (QED) is 0.0820. The van der Waals surface area contributed by atoms with Crippen molar-refractivity contribution >= 4 is 86.4 Å².